The Balaban J connectivity index is 1.55. The molecule has 4 rings (SSSR count). The summed E-state index contributed by atoms with van der Waals surface area (Å²) >= 11 is 3.58. The second kappa shape index (κ2) is 10.00. The van der Waals surface area contributed by atoms with Crippen molar-refractivity contribution in [2.24, 2.45) is 0 Å². The number of nitrogens with one attached hydrogen (secondary N) is 1. The third-order valence-electron chi connectivity index (χ3n) is 5.24. The normalized spacial score (nSPS) is 11.3. The maximum atomic E-state index is 4.81. The van der Waals surface area contributed by atoms with Crippen LogP contribution in [0.5, 0.6) is 0 Å². The predicted octanol–water partition coefficient (Wildman–Crippen LogP) is 4.74. The predicted molar refractivity (Wildman–Crippen MR) is 123 cm³/mol. The number of unbranched alkanes of at least 4 members (excludes halogenated alkanes) is 2. The fourth-order valence-corrected chi connectivity index (χ4v) is 4.04. The van der Waals surface area contributed by atoms with E-state index in [1.165, 1.54) is 5.56 Å². The average Bonchev–Trinajstić information content (AvgIpc) is 3.52. The van der Waals surface area contributed by atoms with Crippen LogP contribution in [0.15, 0.2) is 41.0 Å². The molecule has 8 nitrogen and oxygen atoms in total. The van der Waals surface area contributed by atoms with Gasteiger partial charge < -0.3 is 4.57 Å². The summed E-state index contributed by atoms with van der Waals surface area (Å²) in [6.45, 7) is 5.13. The monoisotopic (exact) mass is 482 g/mol. The number of hydrogen-bond acceptors (Lipinski definition) is 5. The molecule has 0 saturated heterocycles. The Morgan fingerprint density at radius 2 is 1.77 bits per heavy atom. The fraction of sp³-hybridized carbons (Fsp3) is 0.409. The van der Waals surface area contributed by atoms with Gasteiger partial charge in [-0.25, -0.2) is 9.67 Å². The molecule has 0 aliphatic carbocycles. The molecule has 3 aromatic heterocycles. The first-order valence-corrected chi connectivity index (χ1v) is 11.6. The van der Waals surface area contributed by atoms with Crippen molar-refractivity contribution in [1.29, 1.82) is 0 Å². The van der Waals surface area contributed by atoms with E-state index in [2.05, 4.69) is 79.3 Å². The van der Waals surface area contributed by atoms with E-state index in [1.807, 2.05) is 16.8 Å². The Labute approximate surface area is 190 Å². The summed E-state index contributed by atoms with van der Waals surface area (Å²) in [7, 11) is 0. The number of aryl methyl sites for hydroxylation is 2. The quantitative estimate of drug-likeness (QED) is 0.352. The van der Waals surface area contributed by atoms with Gasteiger partial charge >= 0.3 is 0 Å². The molecule has 0 aliphatic rings. The zero-order chi connectivity index (χ0) is 21.6. The SMILES string of the molecule is CCCCc1nc(CCCC)n(Cc2ccc(-n3ccc(Br)c3-c3nn[nH]n3)cc2)n1. The third kappa shape index (κ3) is 4.92. The summed E-state index contributed by atoms with van der Waals surface area (Å²) in [6, 6.07) is 10.5. The molecule has 162 valence electrons. The molecule has 0 spiro atoms. The molecule has 0 radical (unpaired) electrons. The molecule has 0 bridgehead atoms. The summed E-state index contributed by atoms with van der Waals surface area (Å²) in [4.78, 5) is 4.81. The van der Waals surface area contributed by atoms with Crippen LogP contribution in [0, 0.1) is 0 Å². The Morgan fingerprint density at radius 1 is 1.00 bits per heavy atom. The van der Waals surface area contributed by atoms with Gasteiger partial charge in [-0.2, -0.15) is 10.3 Å². The summed E-state index contributed by atoms with van der Waals surface area (Å²) in [5.74, 6) is 2.60. The molecule has 4 aromatic rings. The first kappa shape index (κ1) is 21.4. The molecule has 3 heterocycles. The van der Waals surface area contributed by atoms with Crippen LogP contribution >= 0.6 is 15.9 Å². The molecule has 9 heteroatoms. The maximum absolute atomic E-state index is 4.81. The second-order valence-corrected chi connectivity index (χ2v) is 8.45. The lowest BCUT2D eigenvalue weighted by Gasteiger charge is -2.10. The lowest BCUT2D eigenvalue weighted by molar-refractivity contribution is 0.612. The van der Waals surface area contributed by atoms with Gasteiger partial charge in [-0.15, -0.1) is 10.2 Å². The Hall–Kier alpha value is -2.81. The molecule has 0 aliphatic heterocycles. The first-order valence-electron chi connectivity index (χ1n) is 10.8. The molecule has 31 heavy (non-hydrogen) atoms. The zero-order valence-electron chi connectivity index (χ0n) is 17.9. The molecular formula is C22H27BrN8. The lowest BCUT2D eigenvalue weighted by atomic mass is 10.2. The van der Waals surface area contributed by atoms with Crippen LogP contribution in [0.25, 0.3) is 17.2 Å². The van der Waals surface area contributed by atoms with Crippen LogP contribution in [-0.4, -0.2) is 40.0 Å². The van der Waals surface area contributed by atoms with Gasteiger partial charge in [0.25, 0.3) is 0 Å². The van der Waals surface area contributed by atoms with Crippen molar-refractivity contribution in [1.82, 2.24) is 40.0 Å². The average molecular weight is 483 g/mol. The van der Waals surface area contributed by atoms with Crippen molar-refractivity contribution >= 4 is 15.9 Å². The van der Waals surface area contributed by atoms with Crippen molar-refractivity contribution in [3.05, 3.63) is 58.2 Å². The van der Waals surface area contributed by atoms with E-state index in [9.17, 15) is 0 Å². The number of aromatic nitrogens is 8. The van der Waals surface area contributed by atoms with Gasteiger partial charge in [-0.1, -0.05) is 38.8 Å². The Kier molecular flexibility index (Phi) is 6.91. The van der Waals surface area contributed by atoms with E-state index in [4.69, 9.17) is 10.1 Å². The number of tetrazole rings is 1. The minimum Gasteiger partial charge on any atom is -0.313 e. The van der Waals surface area contributed by atoms with Gasteiger partial charge in [0.1, 0.15) is 11.5 Å². The van der Waals surface area contributed by atoms with Gasteiger partial charge in [0.15, 0.2) is 5.82 Å². The number of aromatic amines is 1. The number of H-pyrrole nitrogens is 1. The van der Waals surface area contributed by atoms with E-state index in [0.29, 0.717) is 5.82 Å². The summed E-state index contributed by atoms with van der Waals surface area (Å²) in [5.41, 5.74) is 3.09. The zero-order valence-corrected chi connectivity index (χ0v) is 19.5. The first-order chi connectivity index (χ1) is 15.2. The van der Waals surface area contributed by atoms with E-state index in [0.717, 1.165) is 72.6 Å². The smallest absolute Gasteiger partial charge is 0.222 e. The van der Waals surface area contributed by atoms with Gasteiger partial charge in [0.05, 0.1) is 6.54 Å². The van der Waals surface area contributed by atoms with E-state index < -0.39 is 0 Å². The highest BCUT2D eigenvalue weighted by Gasteiger charge is 2.15. The van der Waals surface area contributed by atoms with Crippen molar-refractivity contribution in [3.63, 3.8) is 0 Å². The number of hydrogen-bond donors (Lipinski definition) is 1. The van der Waals surface area contributed by atoms with Crippen molar-refractivity contribution in [2.75, 3.05) is 0 Å². The number of nitrogens with zero attached hydrogens (tertiary/aromatic N) is 7. The maximum Gasteiger partial charge on any atom is 0.222 e. The number of halogens is 1. The van der Waals surface area contributed by atoms with E-state index >= 15 is 0 Å². The highest BCUT2D eigenvalue weighted by molar-refractivity contribution is 9.10. The van der Waals surface area contributed by atoms with Crippen molar-refractivity contribution in [2.45, 2.75) is 58.9 Å². The summed E-state index contributed by atoms with van der Waals surface area (Å²) in [5, 5.41) is 19.2. The van der Waals surface area contributed by atoms with Gasteiger partial charge in [-0.05, 0) is 57.7 Å². The molecular weight excluding hydrogens is 456 g/mol. The minimum atomic E-state index is 0.545. The van der Waals surface area contributed by atoms with Crippen molar-refractivity contribution in [3.8, 4) is 17.2 Å². The molecule has 1 N–H and O–H groups in total. The molecule has 0 atom stereocenters. The third-order valence-corrected chi connectivity index (χ3v) is 5.88. The van der Waals surface area contributed by atoms with Gasteiger partial charge in [-0.3, -0.25) is 0 Å². The highest BCUT2D eigenvalue weighted by atomic mass is 79.9. The number of rotatable bonds is 10. The molecule has 0 saturated carbocycles. The van der Waals surface area contributed by atoms with Gasteiger partial charge in [0.2, 0.25) is 5.82 Å². The van der Waals surface area contributed by atoms with Gasteiger partial charge in [0, 0.05) is 29.2 Å². The van der Waals surface area contributed by atoms with Crippen LogP contribution in [0.4, 0.5) is 0 Å². The van der Waals surface area contributed by atoms with E-state index in [-0.39, 0.29) is 0 Å². The largest absolute Gasteiger partial charge is 0.313 e. The van der Waals surface area contributed by atoms with Crippen LogP contribution in [-0.2, 0) is 19.4 Å². The molecule has 0 amide bonds. The topological polar surface area (TPSA) is 90.1 Å². The standard InChI is InChI=1S/C22H27BrN8/c1-3-5-7-19-24-20(8-6-4-2)31(27-19)15-16-9-11-17(12-10-16)30-14-13-18(23)21(30)22-25-28-29-26-22/h9-14H,3-8,15H2,1-2H3,(H,25,26,28,29). The minimum absolute atomic E-state index is 0.545. The van der Waals surface area contributed by atoms with E-state index in [1.54, 1.807) is 0 Å². The second-order valence-electron chi connectivity index (χ2n) is 7.59. The Morgan fingerprint density at radius 3 is 2.48 bits per heavy atom. The summed E-state index contributed by atoms with van der Waals surface area (Å²) in [6.07, 6.45) is 8.48. The van der Waals surface area contributed by atoms with Crippen LogP contribution in [0.1, 0.15) is 56.7 Å². The Bertz CT molecular complexity index is 1100. The van der Waals surface area contributed by atoms with Crippen LogP contribution < -0.4 is 0 Å². The molecule has 0 unspecified atom stereocenters. The summed E-state index contributed by atoms with van der Waals surface area (Å²) < 4.78 is 5.04. The van der Waals surface area contributed by atoms with Crippen LogP contribution in [0.2, 0.25) is 0 Å². The lowest BCUT2D eigenvalue weighted by Crippen LogP contribution is -2.07. The molecule has 0 fully saturated rings. The number of benzene rings is 1. The fourth-order valence-electron chi connectivity index (χ4n) is 3.55. The highest BCUT2D eigenvalue weighted by Crippen LogP contribution is 2.29. The molecule has 1 aromatic carbocycles. The van der Waals surface area contributed by atoms with Crippen molar-refractivity contribution < 1.29 is 0 Å². The van der Waals surface area contributed by atoms with Crippen LogP contribution in [0.3, 0.4) is 0 Å².